The molecule has 0 saturated carbocycles. The van der Waals surface area contributed by atoms with Crippen molar-refractivity contribution in [2.24, 2.45) is 0 Å². The fraction of sp³-hybridized carbons (Fsp3) is 0.304. The number of benzene rings is 2. The predicted octanol–water partition coefficient (Wildman–Crippen LogP) is 4.24. The molecule has 3 heterocycles. The average molecular weight is 540 g/mol. The first kappa shape index (κ1) is 24.5. The Kier molecular flexibility index (Phi) is 6.39. The maximum atomic E-state index is 13.5. The number of fused-ring (bicyclic) bond motifs is 1. The van der Waals surface area contributed by atoms with Gasteiger partial charge >= 0.3 is 6.18 Å². The van der Waals surface area contributed by atoms with Crippen molar-refractivity contribution in [2.45, 2.75) is 23.4 Å². The Morgan fingerprint density at radius 1 is 1.11 bits per heavy atom. The molecular weight excluding hydrogens is 519 g/mol. The first-order valence-electron chi connectivity index (χ1n) is 10.9. The Morgan fingerprint density at radius 3 is 2.64 bits per heavy atom. The van der Waals surface area contributed by atoms with Gasteiger partial charge in [0.2, 0.25) is 0 Å². The summed E-state index contributed by atoms with van der Waals surface area (Å²) in [5.41, 5.74) is 0.455. The van der Waals surface area contributed by atoms with E-state index in [0.717, 1.165) is 23.5 Å². The smallest absolute Gasteiger partial charge is 0.416 e. The number of thiazole rings is 1. The minimum Gasteiger partial charge on any atom is -0.493 e. The number of hydrogen-bond donors (Lipinski definition) is 1. The number of rotatable bonds is 5. The minimum atomic E-state index is -4.58. The van der Waals surface area contributed by atoms with Gasteiger partial charge in [-0.25, -0.2) is 13.4 Å². The van der Waals surface area contributed by atoms with E-state index >= 15 is 0 Å². The molecule has 0 aliphatic carbocycles. The third kappa shape index (κ3) is 4.77. The van der Waals surface area contributed by atoms with Crippen LogP contribution in [0.1, 0.15) is 29.0 Å². The van der Waals surface area contributed by atoms with Gasteiger partial charge in [0.15, 0.2) is 5.13 Å². The Balaban J connectivity index is 1.55. The van der Waals surface area contributed by atoms with Gasteiger partial charge in [-0.15, -0.1) is 11.3 Å². The highest BCUT2D eigenvalue weighted by Gasteiger charge is 2.35. The van der Waals surface area contributed by atoms with Gasteiger partial charge in [0.25, 0.3) is 15.9 Å². The van der Waals surface area contributed by atoms with Crippen molar-refractivity contribution in [1.82, 2.24) is 4.98 Å². The zero-order valence-electron chi connectivity index (χ0n) is 18.6. The number of hydrogen-bond acceptors (Lipinski definition) is 7. The van der Waals surface area contributed by atoms with Gasteiger partial charge in [0.1, 0.15) is 12.4 Å². The van der Waals surface area contributed by atoms with Crippen LogP contribution >= 0.6 is 11.3 Å². The van der Waals surface area contributed by atoms with Crippen molar-refractivity contribution in [1.29, 1.82) is 0 Å². The van der Waals surface area contributed by atoms with Crippen molar-refractivity contribution >= 4 is 38.1 Å². The Bertz CT molecular complexity index is 1390. The van der Waals surface area contributed by atoms with E-state index in [4.69, 9.17) is 9.47 Å². The van der Waals surface area contributed by atoms with Crippen LogP contribution in [0.4, 0.5) is 24.0 Å². The van der Waals surface area contributed by atoms with Crippen molar-refractivity contribution in [3.05, 3.63) is 64.7 Å². The quantitative estimate of drug-likeness (QED) is 0.521. The zero-order chi connectivity index (χ0) is 25.5. The number of carbonyl (C=O) groups excluding carboxylic acids is 1. The summed E-state index contributed by atoms with van der Waals surface area (Å²) in [7, 11) is -3.93. The molecule has 0 unspecified atom stereocenters. The fourth-order valence-electron chi connectivity index (χ4n) is 4.33. The largest absolute Gasteiger partial charge is 0.493 e. The van der Waals surface area contributed by atoms with E-state index < -0.39 is 33.6 Å². The number of amides is 1. The molecule has 0 spiro atoms. The maximum absolute atomic E-state index is 13.5. The van der Waals surface area contributed by atoms with Crippen molar-refractivity contribution in [2.75, 3.05) is 36.0 Å². The van der Waals surface area contributed by atoms with Crippen LogP contribution in [0, 0.1) is 0 Å². The highest BCUT2D eigenvalue weighted by molar-refractivity contribution is 7.93. The zero-order valence-corrected chi connectivity index (χ0v) is 20.3. The number of alkyl halides is 3. The number of aromatic nitrogens is 1. The second-order valence-corrected chi connectivity index (χ2v) is 10.8. The molecule has 2 aliphatic heterocycles. The van der Waals surface area contributed by atoms with E-state index in [0.29, 0.717) is 23.3 Å². The summed E-state index contributed by atoms with van der Waals surface area (Å²) in [5.74, 6) is -0.526. The summed E-state index contributed by atoms with van der Waals surface area (Å²) >= 11 is 1.14. The lowest BCUT2D eigenvalue weighted by molar-refractivity contribution is -0.137. The monoisotopic (exact) mass is 539 g/mol. The molecule has 0 radical (unpaired) electrons. The molecule has 8 nitrogen and oxygen atoms in total. The van der Waals surface area contributed by atoms with E-state index in [-0.39, 0.29) is 42.1 Å². The molecule has 190 valence electrons. The molecule has 1 N–H and O–H groups in total. The van der Waals surface area contributed by atoms with Crippen molar-refractivity contribution in [3.8, 4) is 5.75 Å². The van der Waals surface area contributed by atoms with Crippen LogP contribution in [0.2, 0.25) is 0 Å². The summed E-state index contributed by atoms with van der Waals surface area (Å²) in [6.45, 7) is 0.341. The molecule has 1 atom stereocenters. The summed E-state index contributed by atoms with van der Waals surface area (Å²) < 4.78 is 79.5. The van der Waals surface area contributed by atoms with Crippen LogP contribution in [0.25, 0.3) is 0 Å². The number of ether oxygens (including phenoxy) is 2. The molecule has 13 heteroatoms. The molecule has 1 saturated heterocycles. The summed E-state index contributed by atoms with van der Waals surface area (Å²) in [5, 5.41) is 1.86. The van der Waals surface area contributed by atoms with Gasteiger partial charge in [-0.05, 0) is 30.2 Å². The van der Waals surface area contributed by atoms with Gasteiger partial charge in [0.05, 0.1) is 23.7 Å². The topological polar surface area (TPSA) is 97.8 Å². The number of halogens is 3. The number of nitrogens with one attached hydrogen (secondary N) is 1. The molecule has 2 aliphatic rings. The summed E-state index contributed by atoms with van der Waals surface area (Å²) in [4.78, 5) is 17.8. The molecule has 1 fully saturated rings. The fourth-order valence-corrected chi connectivity index (χ4v) is 6.13. The molecular formula is C23H20F3N3O5S2. The van der Waals surface area contributed by atoms with Crippen molar-refractivity contribution < 1.29 is 35.9 Å². The third-order valence-electron chi connectivity index (χ3n) is 6.00. The van der Waals surface area contributed by atoms with E-state index in [1.165, 1.54) is 29.3 Å². The Morgan fingerprint density at radius 2 is 1.92 bits per heavy atom. The lowest BCUT2D eigenvalue weighted by atomic mass is 9.85. The standard InChI is InChI=1S/C23H20F3N3O5S2/c24-23(25,26)14-1-3-17(19(11-14)29-7-9-33-13-21(29)30)16-5-8-34-20-12-15(2-4-18(16)20)36(31,32)28-22-27-6-10-35-22/h1-4,6,10-12,16H,5,7-9,13H2,(H,27,28)/t16-/m1/s1. The van der Waals surface area contributed by atoms with Gasteiger partial charge < -0.3 is 14.4 Å². The van der Waals surface area contributed by atoms with E-state index in [9.17, 15) is 26.4 Å². The number of nitrogens with zero attached hydrogens (tertiary/aromatic N) is 2. The van der Waals surface area contributed by atoms with Crippen LogP contribution < -0.4 is 14.4 Å². The van der Waals surface area contributed by atoms with E-state index in [1.54, 1.807) is 11.4 Å². The lowest BCUT2D eigenvalue weighted by Gasteiger charge is -2.33. The Hall–Kier alpha value is -3.16. The van der Waals surface area contributed by atoms with Crippen LogP contribution in [0.15, 0.2) is 52.9 Å². The van der Waals surface area contributed by atoms with Crippen LogP contribution in [0.3, 0.4) is 0 Å². The number of carbonyl (C=O) groups is 1. The minimum absolute atomic E-state index is 0.0342. The number of morpholine rings is 1. The van der Waals surface area contributed by atoms with Gasteiger partial charge in [-0.1, -0.05) is 12.1 Å². The van der Waals surface area contributed by atoms with Crippen molar-refractivity contribution in [3.63, 3.8) is 0 Å². The normalized spacial score (nSPS) is 18.5. The predicted molar refractivity (Wildman–Crippen MR) is 126 cm³/mol. The SMILES string of the molecule is O=C1COCCN1c1cc(C(F)(F)F)ccc1[C@H]1CCOc2cc(S(=O)(=O)Nc3nccs3)ccc21. The highest BCUT2D eigenvalue weighted by Crippen LogP contribution is 2.44. The molecule has 1 aromatic heterocycles. The van der Waals surface area contributed by atoms with Crippen LogP contribution in [-0.2, 0) is 25.7 Å². The van der Waals surface area contributed by atoms with Gasteiger partial charge in [-0.3, -0.25) is 9.52 Å². The summed E-state index contributed by atoms with van der Waals surface area (Å²) in [6, 6.07) is 7.77. The first-order chi connectivity index (χ1) is 17.1. The number of anilines is 2. The summed E-state index contributed by atoms with van der Waals surface area (Å²) in [6.07, 6.45) is -2.67. The first-order valence-corrected chi connectivity index (χ1v) is 13.3. The average Bonchev–Trinajstić information content (AvgIpc) is 3.35. The molecule has 36 heavy (non-hydrogen) atoms. The molecule has 1 amide bonds. The van der Waals surface area contributed by atoms with Crippen LogP contribution in [0.5, 0.6) is 5.75 Å². The maximum Gasteiger partial charge on any atom is 0.416 e. The van der Waals surface area contributed by atoms with Gasteiger partial charge in [-0.2, -0.15) is 13.2 Å². The highest BCUT2D eigenvalue weighted by atomic mass is 32.2. The molecule has 3 aromatic rings. The van der Waals surface area contributed by atoms with Gasteiger partial charge in [0, 0.05) is 41.4 Å². The van der Waals surface area contributed by atoms with E-state index in [1.807, 2.05) is 0 Å². The van der Waals surface area contributed by atoms with Crippen LogP contribution in [-0.4, -0.2) is 45.7 Å². The second-order valence-electron chi connectivity index (χ2n) is 8.20. The number of sulfonamides is 1. The van der Waals surface area contributed by atoms with E-state index in [2.05, 4.69) is 9.71 Å². The third-order valence-corrected chi connectivity index (χ3v) is 8.15. The molecule has 5 rings (SSSR count). The Labute approximate surface area is 208 Å². The molecule has 0 bridgehead atoms. The second kappa shape index (κ2) is 9.37. The molecule has 2 aromatic carbocycles. The lowest BCUT2D eigenvalue weighted by Crippen LogP contribution is -2.42.